The van der Waals surface area contributed by atoms with Crippen molar-refractivity contribution in [2.24, 2.45) is 12.8 Å². The number of nitrogens with zero attached hydrogens (tertiary/aromatic N) is 4. The molecule has 2 N–H and O–H groups in total. The second-order valence-electron chi connectivity index (χ2n) is 4.23. The molecular formula is C12H17N5O. The van der Waals surface area contributed by atoms with E-state index < -0.39 is 0 Å². The molecule has 0 saturated heterocycles. The lowest BCUT2D eigenvalue weighted by Crippen LogP contribution is -2.08. The van der Waals surface area contributed by atoms with Gasteiger partial charge in [0.15, 0.2) is 5.78 Å². The highest BCUT2D eigenvalue weighted by molar-refractivity contribution is 5.94. The fourth-order valence-electron chi connectivity index (χ4n) is 1.76. The summed E-state index contributed by atoms with van der Waals surface area (Å²) >= 11 is 0. The third-order valence-corrected chi connectivity index (χ3v) is 2.71. The van der Waals surface area contributed by atoms with Crippen LogP contribution in [0.25, 0.3) is 0 Å². The van der Waals surface area contributed by atoms with Crippen LogP contribution >= 0.6 is 0 Å². The van der Waals surface area contributed by atoms with Crippen LogP contribution in [0.1, 0.15) is 22.5 Å². The first-order chi connectivity index (χ1) is 8.69. The van der Waals surface area contributed by atoms with Gasteiger partial charge in [-0.1, -0.05) is 0 Å². The number of Topliss-reactive ketones (excluding diaryl/α,β-unsaturated/α-hetero) is 1. The van der Waals surface area contributed by atoms with Gasteiger partial charge in [0.2, 0.25) is 0 Å². The highest BCUT2D eigenvalue weighted by Gasteiger charge is 2.10. The molecule has 0 aromatic carbocycles. The second kappa shape index (κ2) is 5.59. The fraction of sp³-hybridized carbons (Fsp3) is 0.417. The van der Waals surface area contributed by atoms with Gasteiger partial charge in [-0.15, -0.1) is 0 Å². The van der Waals surface area contributed by atoms with Gasteiger partial charge in [0, 0.05) is 39.0 Å². The molecule has 0 spiro atoms. The molecule has 0 radical (unpaired) electrons. The summed E-state index contributed by atoms with van der Waals surface area (Å²) in [7, 11) is 1.86. The molecule has 0 aliphatic rings. The molecule has 6 heteroatoms. The number of aromatic nitrogens is 4. The van der Waals surface area contributed by atoms with Crippen molar-refractivity contribution in [2.45, 2.75) is 19.4 Å². The van der Waals surface area contributed by atoms with E-state index in [1.807, 2.05) is 17.8 Å². The predicted molar refractivity (Wildman–Crippen MR) is 67.1 cm³/mol. The normalized spacial score (nSPS) is 10.8. The first-order valence-corrected chi connectivity index (χ1v) is 5.91. The van der Waals surface area contributed by atoms with E-state index in [0.29, 0.717) is 31.6 Å². The third-order valence-electron chi connectivity index (χ3n) is 2.71. The largest absolute Gasteiger partial charge is 0.335 e. The van der Waals surface area contributed by atoms with Crippen LogP contribution in [0.3, 0.4) is 0 Å². The van der Waals surface area contributed by atoms with E-state index >= 15 is 0 Å². The van der Waals surface area contributed by atoms with Crippen molar-refractivity contribution in [1.82, 2.24) is 19.3 Å². The van der Waals surface area contributed by atoms with Crippen molar-refractivity contribution in [3.63, 3.8) is 0 Å². The molecule has 2 rings (SSSR count). The van der Waals surface area contributed by atoms with Crippen molar-refractivity contribution in [3.8, 4) is 0 Å². The summed E-state index contributed by atoms with van der Waals surface area (Å²) in [6, 6.07) is 0. The summed E-state index contributed by atoms with van der Waals surface area (Å²) in [6.07, 6.45) is 8.23. The number of nitrogens with two attached hydrogens (primary N) is 1. The zero-order chi connectivity index (χ0) is 13.0. The molecule has 96 valence electrons. The first kappa shape index (κ1) is 12.5. The molecule has 0 bridgehead atoms. The first-order valence-electron chi connectivity index (χ1n) is 5.91. The lowest BCUT2D eigenvalue weighted by atomic mass is 10.1. The maximum atomic E-state index is 11.9. The summed E-state index contributed by atoms with van der Waals surface area (Å²) in [6.45, 7) is 1.22. The van der Waals surface area contributed by atoms with Crippen LogP contribution in [0.15, 0.2) is 24.9 Å². The number of aryl methyl sites for hydroxylation is 2. The highest BCUT2D eigenvalue weighted by Crippen LogP contribution is 2.06. The summed E-state index contributed by atoms with van der Waals surface area (Å²) in [4.78, 5) is 16.0. The van der Waals surface area contributed by atoms with Gasteiger partial charge in [-0.25, -0.2) is 4.98 Å². The van der Waals surface area contributed by atoms with E-state index in [0.717, 1.165) is 5.56 Å². The number of hydrogen-bond acceptors (Lipinski definition) is 4. The molecule has 0 aliphatic carbocycles. The van der Waals surface area contributed by atoms with Gasteiger partial charge in [-0.2, -0.15) is 5.10 Å². The Balaban J connectivity index is 1.90. The lowest BCUT2D eigenvalue weighted by Gasteiger charge is -1.97. The Kier molecular flexibility index (Phi) is 3.88. The molecule has 0 unspecified atom stereocenters. The van der Waals surface area contributed by atoms with Crippen molar-refractivity contribution >= 4 is 5.78 Å². The van der Waals surface area contributed by atoms with Crippen LogP contribution in [-0.2, 0) is 20.0 Å². The molecule has 18 heavy (non-hydrogen) atoms. The minimum atomic E-state index is 0.0506. The van der Waals surface area contributed by atoms with Gasteiger partial charge < -0.3 is 10.3 Å². The quantitative estimate of drug-likeness (QED) is 0.749. The zero-order valence-corrected chi connectivity index (χ0v) is 10.4. The Morgan fingerprint density at radius 1 is 1.44 bits per heavy atom. The van der Waals surface area contributed by atoms with E-state index in [1.165, 1.54) is 0 Å². The SMILES string of the molecule is Cn1cc(CCC(=O)c2cn(CCN)cn2)cn1. The summed E-state index contributed by atoms with van der Waals surface area (Å²) in [5, 5.41) is 4.07. The summed E-state index contributed by atoms with van der Waals surface area (Å²) < 4.78 is 3.56. The van der Waals surface area contributed by atoms with E-state index in [1.54, 1.807) is 23.4 Å². The topological polar surface area (TPSA) is 78.7 Å². The Morgan fingerprint density at radius 2 is 2.28 bits per heavy atom. The number of imidazole rings is 1. The number of hydrogen-bond donors (Lipinski definition) is 1. The molecule has 0 fully saturated rings. The molecule has 0 amide bonds. The predicted octanol–water partition coefficient (Wildman–Crippen LogP) is 0.391. The van der Waals surface area contributed by atoms with Crippen LogP contribution in [0.5, 0.6) is 0 Å². The number of ketones is 1. The minimum absolute atomic E-state index is 0.0506. The van der Waals surface area contributed by atoms with Crippen LogP contribution < -0.4 is 5.73 Å². The zero-order valence-electron chi connectivity index (χ0n) is 10.4. The molecule has 0 aliphatic heterocycles. The maximum absolute atomic E-state index is 11.9. The number of carbonyl (C=O) groups excluding carboxylic acids is 1. The minimum Gasteiger partial charge on any atom is -0.335 e. The van der Waals surface area contributed by atoms with Crippen LogP contribution in [0.2, 0.25) is 0 Å². The van der Waals surface area contributed by atoms with Crippen molar-refractivity contribution in [1.29, 1.82) is 0 Å². The van der Waals surface area contributed by atoms with Crippen molar-refractivity contribution in [3.05, 3.63) is 36.2 Å². The summed E-state index contributed by atoms with van der Waals surface area (Å²) in [5.41, 5.74) is 7.01. The second-order valence-corrected chi connectivity index (χ2v) is 4.23. The molecule has 6 nitrogen and oxygen atoms in total. The Hall–Kier alpha value is -1.95. The van der Waals surface area contributed by atoms with Crippen LogP contribution in [-0.4, -0.2) is 31.7 Å². The van der Waals surface area contributed by atoms with Gasteiger partial charge in [0.1, 0.15) is 5.69 Å². The lowest BCUT2D eigenvalue weighted by molar-refractivity contribution is 0.0978. The third kappa shape index (κ3) is 3.04. The Bertz CT molecular complexity index is 528. The number of carbonyl (C=O) groups is 1. The van der Waals surface area contributed by atoms with Gasteiger partial charge in [-0.05, 0) is 12.0 Å². The van der Waals surface area contributed by atoms with Gasteiger partial charge in [0.05, 0.1) is 12.5 Å². The van der Waals surface area contributed by atoms with Crippen LogP contribution in [0.4, 0.5) is 0 Å². The fourth-order valence-corrected chi connectivity index (χ4v) is 1.76. The van der Waals surface area contributed by atoms with Crippen molar-refractivity contribution in [2.75, 3.05) is 6.54 Å². The van der Waals surface area contributed by atoms with Crippen molar-refractivity contribution < 1.29 is 4.79 Å². The molecule has 2 aromatic heterocycles. The van der Waals surface area contributed by atoms with Gasteiger partial charge in [-0.3, -0.25) is 9.48 Å². The number of rotatable bonds is 6. The Morgan fingerprint density at radius 3 is 2.94 bits per heavy atom. The monoisotopic (exact) mass is 247 g/mol. The van der Waals surface area contributed by atoms with E-state index in [9.17, 15) is 4.79 Å². The van der Waals surface area contributed by atoms with E-state index in [4.69, 9.17) is 5.73 Å². The average molecular weight is 247 g/mol. The molecule has 2 heterocycles. The molecule has 2 aromatic rings. The van der Waals surface area contributed by atoms with Gasteiger partial charge >= 0.3 is 0 Å². The molecular weight excluding hydrogens is 230 g/mol. The molecule has 0 saturated carbocycles. The van der Waals surface area contributed by atoms with E-state index in [-0.39, 0.29) is 5.78 Å². The molecule has 0 atom stereocenters. The average Bonchev–Trinajstić information content (AvgIpc) is 2.96. The summed E-state index contributed by atoms with van der Waals surface area (Å²) in [5.74, 6) is 0.0506. The standard InChI is InChI=1S/C12H17N5O/c1-16-7-10(6-15-16)2-3-12(18)11-8-17(5-4-13)9-14-11/h6-9H,2-5,13H2,1H3. The Labute approximate surface area is 105 Å². The maximum Gasteiger partial charge on any atom is 0.183 e. The van der Waals surface area contributed by atoms with Crippen LogP contribution in [0, 0.1) is 0 Å². The van der Waals surface area contributed by atoms with E-state index in [2.05, 4.69) is 10.1 Å². The van der Waals surface area contributed by atoms with Gasteiger partial charge in [0.25, 0.3) is 0 Å². The highest BCUT2D eigenvalue weighted by atomic mass is 16.1. The smallest absolute Gasteiger partial charge is 0.183 e.